The van der Waals surface area contributed by atoms with E-state index in [1.807, 2.05) is 12.1 Å². The Bertz CT molecular complexity index is 529. The number of rotatable bonds is 5. The summed E-state index contributed by atoms with van der Waals surface area (Å²) in [7, 11) is 0. The van der Waals surface area contributed by atoms with Crippen molar-refractivity contribution in [3.05, 3.63) is 29.8 Å². The third-order valence-corrected chi connectivity index (χ3v) is 5.70. The molecule has 24 heavy (non-hydrogen) atoms. The van der Waals surface area contributed by atoms with Gasteiger partial charge < -0.3 is 10.4 Å². The summed E-state index contributed by atoms with van der Waals surface area (Å²) in [6, 6.07) is 7.24. The number of piperidine rings is 1. The molecule has 1 amide bonds. The molecule has 0 aromatic heterocycles. The van der Waals surface area contributed by atoms with Gasteiger partial charge in [-0.3, -0.25) is 9.69 Å². The molecule has 1 aromatic carbocycles. The first-order chi connectivity index (χ1) is 11.7. The Morgan fingerprint density at radius 1 is 1.00 bits per heavy atom. The number of likely N-dealkylation sites (tertiary alicyclic amines) is 1. The zero-order chi connectivity index (χ0) is 16.8. The molecule has 0 spiro atoms. The molecule has 1 aromatic rings. The number of nitrogens with zero attached hydrogens (tertiary/aromatic N) is 1. The van der Waals surface area contributed by atoms with Gasteiger partial charge in [-0.15, -0.1) is 0 Å². The molecular formula is C20H30N2O2. The molecule has 1 aliphatic heterocycles. The zero-order valence-corrected chi connectivity index (χ0v) is 14.6. The molecule has 0 radical (unpaired) electrons. The van der Waals surface area contributed by atoms with Gasteiger partial charge in [0.25, 0.3) is 0 Å². The van der Waals surface area contributed by atoms with Gasteiger partial charge in [0.1, 0.15) is 11.3 Å². The number of benzene rings is 1. The number of amides is 1. The summed E-state index contributed by atoms with van der Waals surface area (Å²) in [5.41, 5.74) is 0.886. The third-order valence-electron chi connectivity index (χ3n) is 5.70. The van der Waals surface area contributed by atoms with E-state index in [0.717, 1.165) is 37.9 Å². The van der Waals surface area contributed by atoms with Crippen molar-refractivity contribution in [2.24, 2.45) is 0 Å². The van der Waals surface area contributed by atoms with Crippen LogP contribution in [0.2, 0.25) is 0 Å². The topological polar surface area (TPSA) is 52.6 Å². The van der Waals surface area contributed by atoms with E-state index in [1.54, 1.807) is 12.1 Å². The Labute approximate surface area is 145 Å². The maximum atomic E-state index is 13.1. The van der Waals surface area contributed by atoms with Crippen LogP contribution in [0.5, 0.6) is 5.75 Å². The molecule has 2 aliphatic rings. The van der Waals surface area contributed by atoms with Crippen LogP contribution in [0.1, 0.15) is 56.9 Å². The first kappa shape index (κ1) is 17.3. The van der Waals surface area contributed by atoms with Crippen molar-refractivity contribution in [1.82, 2.24) is 10.2 Å². The van der Waals surface area contributed by atoms with Crippen molar-refractivity contribution in [3.8, 4) is 5.75 Å². The number of hydrogen-bond donors (Lipinski definition) is 2. The highest BCUT2D eigenvalue weighted by molar-refractivity contribution is 5.86. The molecule has 3 rings (SSSR count). The Morgan fingerprint density at radius 2 is 1.62 bits per heavy atom. The molecule has 4 nitrogen and oxygen atoms in total. The van der Waals surface area contributed by atoms with E-state index in [9.17, 15) is 9.90 Å². The van der Waals surface area contributed by atoms with Crippen molar-refractivity contribution in [3.63, 3.8) is 0 Å². The van der Waals surface area contributed by atoms with Crippen molar-refractivity contribution >= 4 is 5.91 Å². The van der Waals surface area contributed by atoms with Crippen molar-refractivity contribution < 1.29 is 9.90 Å². The van der Waals surface area contributed by atoms with Crippen LogP contribution in [0.15, 0.2) is 24.3 Å². The van der Waals surface area contributed by atoms with Crippen LogP contribution < -0.4 is 5.32 Å². The number of carbonyl (C=O) groups is 1. The smallest absolute Gasteiger partial charge is 0.240 e. The molecule has 4 heteroatoms. The van der Waals surface area contributed by atoms with Crippen LogP contribution in [-0.4, -0.2) is 41.1 Å². The summed E-state index contributed by atoms with van der Waals surface area (Å²) >= 11 is 0. The molecule has 132 valence electrons. The minimum absolute atomic E-state index is 0.239. The van der Waals surface area contributed by atoms with Gasteiger partial charge >= 0.3 is 0 Å². The summed E-state index contributed by atoms with van der Waals surface area (Å²) in [4.78, 5) is 15.5. The van der Waals surface area contributed by atoms with Crippen LogP contribution in [-0.2, 0) is 11.2 Å². The van der Waals surface area contributed by atoms with Gasteiger partial charge in [-0.2, -0.15) is 0 Å². The summed E-state index contributed by atoms with van der Waals surface area (Å²) in [6.45, 7) is 2.82. The van der Waals surface area contributed by atoms with Crippen LogP contribution >= 0.6 is 0 Å². The van der Waals surface area contributed by atoms with Crippen molar-refractivity contribution in [2.45, 2.75) is 63.3 Å². The second-order valence-corrected chi connectivity index (χ2v) is 7.31. The van der Waals surface area contributed by atoms with Gasteiger partial charge in [-0.1, -0.05) is 37.8 Å². The maximum absolute atomic E-state index is 13.1. The first-order valence-electron chi connectivity index (χ1n) is 9.52. The van der Waals surface area contributed by atoms with Crippen LogP contribution in [0.3, 0.4) is 0 Å². The van der Waals surface area contributed by atoms with Crippen LogP contribution in [0.25, 0.3) is 0 Å². The number of hydrogen-bond acceptors (Lipinski definition) is 3. The summed E-state index contributed by atoms with van der Waals surface area (Å²) in [6.07, 6.45) is 10.2. The average molecular weight is 330 g/mol. The molecule has 0 bridgehead atoms. The van der Waals surface area contributed by atoms with Gasteiger partial charge in [0, 0.05) is 6.54 Å². The lowest BCUT2D eigenvalue weighted by atomic mass is 9.78. The fourth-order valence-corrected chi connectivity index (χ4v) is 4.29. The van der Waals surface area contributed by atoms with Crippen LogP contribution in [0, 0.1) is 0 Å². The van der Waals surface area contributed by atoms with Crippen molar-refractivity contribution in [2.75, 3.05) is 19.6 Å². The quantitative estimate of drug-likeness (QED) is 0.871. The lowest BCUT2D eigenvalue weighted by molar-refractivity contribution is -0.137. The minimum Gasteiger partial charge on any atom is -0.508 e. The third kappa shape index (κ3) is 3.92. The second-order valence-electron chi connectivity index (χ2n) is 7.31. The predicted molar refractivity (Wildman–Crippen MR) is 96.1 cm³/mol. The normalized spacial score (nSPS) is 21.3. The fraction of sp³-hybridized carbons (Fsp3) is 0.650. The van der Waals surface area contributed by atoms with Gasteiger partial charge in [0.15, 0.2) is 0 Å². The van der Waals surface area contributed by atoms with Gasteiger partial charge in [0.2, 0.25) is 5.91 Å². The minimum atomic E-state index is -0.256. The molecule has 0 unspecified atom stereocenters. The molecule has 1 saturated heterocycles. The predicted octanol–water partition coefficient (Wildman–Crippen LogP) is 3.24. The number of carbonyl (C=O) groups excluding carboxylic acids is 1. The molecule has 1 saturated carbocycles. The fourth-order valence-electron chi connectivity index (χ4n) is 4.29. The highest BCUT2D eigenvalue weighted by Gasteiger charge is 2.44. The van der Waals surface area contributed by atoms with E-state index in [4.69, 9.17) is 0 Å². The van der Waals surface area contributed by atoms with Crippen molar-refractivity contribution in [1.29, 1.82) is 0 Å². The Hall–Kier alpha value is -1.55. The number of aromatic hydroxyl groups is 1. The van der Waals surface area contributed by atoms with Gasteiger partial charge in [-0.25, -0.2) is 0 Å². The molecule has 2 fully saturated rings. The second kappa shape index (κ2) is 8.02. The van der Waals surface area contributed by atoms with E-state index >= 15 is 0 Å². The molecule has 1 heterocycles. The molecule has 2 N–H and O–H groups in total. The summed E-state index contributed by atoms with van der Waals surface area (Å²) < 4.78 is 0. The van der Waals surface area contributed by atoms with E-state index in [2.05, 4.69) is 10.2 Å². The molecule has 1 aliphatic carbocycles. The Kier molecular flexibility index (Phi) is 5.77. The maximum Gasteiger partial charge on any atom is 0.240 e. The number of nitrogens with one attached hydrogen (secondary N) is 1. The SMILES string of the molecule is O=C(NCCc1ccc(O)cc1)C1(N2CCCCC2)CCCCC1. The van der Waals surface area contributed by atoms with E-state index in [-0.39, 0.29) is 17.2 Å². The zero-order valence-electron chi connectivity index (χ0n) is 14.6. The highest BCUT2D eigenvalue weighted by atomic mass is 16.3. The van der Waals surface area contributed by atoms with E-state index in [0.29, 0.717) is 6.54 Å². The van der Waals surface area contributed by atoms with Gasteiger partial charge in [-0.05, 0) is 62.9 Å². The lowest BCUT2D eigenvalue weighted by Gasteiger charge is -2.46. The number of phenolic OH excluding ortho intramolecular Hbond substituents is 1. The lowest BCUT2D eigenvalue weighted by Crippen LogP contribution is -2.61. The monoisotopic (exact) mass is 330 g/mol. The summed E-state index contributed by atoms with van der Waals surface area (Å²) in [5.74, 6) is 0.525. The summed E-state index contributed by atoms with van der Waals surface area (Å²) in [5, 5.41) is 12.6. The number of phenols is 1. The van der Waals surface area contributed by atoms with E-state index < -0.39 is 0 Å². The van der Waals surface area contributed by atoms with Gasteiger partial charge in [0.05, 0.1) is 0 Å². The standard InChI is InChI=1S/C20H30N2O2/c23-18-9-7-17(8-10-18)11-14-21-19(24)20(12-3-1-4-13-20)22-15-5-2-6-16-22/h7-10,23H,1-6,11-16H2,(H,21,24). The molecular weight excluding hydrogens is 300 g/mol. The first-order valence-corrected chi connectivity index (χ1v) is 9.52. The van der Waals surface area contributed by atoms with E-state index in [1.165, 1.54) is 38.5 Å². The average Bonchev–Trinajstić information content (AvgIpc) is 2.64. The largest absolute Gasteiger partial charge is 0.508 e. The Balaban J connectivity index is 1.59. The highest BCUT2D eigenvalue weighted by Crippen LogP contribution is 2.35. The van der Waals surface area contributed by atoms with Crippen LogP contribution in [0.4, 0.5) is 0 Å². The Morgan fingerprint density at radius 3 is 2.29 bits per heavy atom. The molecule has 0 atom stereocenters.